The standard InChI is InChI=1S/C16H14Br2ClNO3/c1-23-10-3-2-6(19)4-9(10)20-15(21)11-7-5-8(12(11)16(20)22)14(18)13(7)17/h2-4,7-8,11-14H,5H2,1H3/t7-,8-,11-,12-,13-,14+/m1/s1. The number of hydrogen-bond acceptors (Lipinski definition) is 3. The first-order valence-electron chi connectivity index (χ1n) is 7.45. The van der Waals surface area contributed by atoms with Gasteiger partial charge >= 0.3 is 0 Å². The summed E-state index contributed by atoms with van der Waals surface area (Å²) in [6, 6.07) is 4.99. The summed E-state index contributed by atoms with van der Waals surface area (Å²) < 4.78 is 5.32. The van der Waals surface area contributed by atoms with Gasteiger partial charge in [-0.05, 0) is 36.5 Å². The van der Waals surface area contributed by atoms with Crippen molar-refractivity contribution in [3.8, 4) is 5.75 Å². The number of nitrogens with zero attached hydrogens (tertiary/aromatic N) is 1. The highest BCUT2D eigenvalue weighted by atomic mass is 79.9. The molecular weight excluding hydrogens is 449 g/mol. The van der Waals surface area contributed by atoms with E-state index >= 15 is 0 Å². The number of methoxy groups -OCH3 is 1. The fourth-order valence-electron chi connectivity index (χ4n) is 4.42. The molecule has 0 radical (unpaired) electrons. The molecule has 0 aromatic heterocycles. The van der Waals surface area contributed by atoms with Gasteiger partial charge in [-0.2, -0.15) is 0 Å². The van der Waals surface area contributed by atoms with E-state index in [0.29, 0.717) is 16.5 Å². The Morgan fingerprint density at radius 2 is 1.70 bits per heavy atom. The number of imide groups is 1. The van der Waals surface area contributed by atoms with Gasteiger partial charge in [-0.1, -0.05) is 43.5 Å². The topological polar surface area (TPSA) is 46.6 Å². The van der Waals surface area contributed by atoms with E-state index in [1.165, 1.54) is 12.0 Å². The summed E-state index contributed by atoms with van der Waals surface area (Å²) in [5, 5.41) is 0.471. The van der Waals surface area contributed by atoms with E-state index in [4.69, 9.17) is 16.3 Å². The Hall–Kier alpha value is -0.590. The summed E-state index contributed by atoms with van der Waals surface area (Å²) in [7, 11) is 1.52. The average Bonchev–Trinajstić information content (AvgIpc) is 3.12. The third kappa shape index (κ3) is 2.07. The van der Waals surface area contributed by atoms with E-state index in [2.05, 4.69) is 31.9 Å². The van der Waals surface area contributed by atoms with Crippen LogP contribution in [0.15, 0.2) is 18.2 Å². The molecule has 23 heavy (non-hydrogen) atoms. The van der Waals surface area contributed by atoms with Crippen molar-refractivity contribution in [2.45, 2.75) is 16.1 Å². The largest absolute Gasteiger partial charge is 0.495 e. The first-order valence-corrected chi connectivity index (χ1v) is 9.66. The van der Waals surface area contributed by atoms with Crippen LogP contribution in [0, 0.1) is 23.7 Å². The number of fused-ring (bicyclic) bond motifs is 5. The minimum atomic E-state index is -0.241. The molecule has 1 aromatic rings. The minimum absolute atomic E-state index is 0.128. The van der Waals surface area contributed by atoms with Gasteiger partial charge < -0.3 is 4.74 Å². The van der Waals surface area contributed by atoms with Crippen LogP contribution in [0.5, 0.6) is 5.75 Å². The molecule has 3 aliphatic rings. The number of halogens is 3. The number of anilines is 1. The number of rotatable bonds is 2. The number of carbonyl (C=O) groups excluding carboxylic acids is 2. The first kappa shape index (κ1) is 15.9. The van der Waals surface area contributed by atoms with Crippen molar-refractivity contribution in [1.29, 1.82) is 0 Å². The molecule has 1 heterocycles. The third-order valence-corrected chi connectivity index (χ3v) is 8.81. The monoisotopic (exact) mass is 461 g/mol. The highest BCUT2D eigenvalue weighted by Gasteiger charge is 2.66. The third-order valence-electron chi connectivity index (χ3n) is 5.37. The van der Waals surface area contributed by atoms with Gasteiger partial charge in [0.05, 0.1) is 24.6 Å². The number of ether oxygens (including phenoxy) is 1. The molecule has 1 aromatic carbocycles. The van der Waals surface area contributed by atoms with Gasteiger partial charge in [-0.3, -0.25) is 9.59 Å². The molecule has 2 bridgehead atoms. The zero-order valence-electron chi connectivity index (χ0n) is 12.2. The van der Waals surface area contributed by atoms with E-state index in [9.17, 15) is 9.59 Å². The minimum Gasteiger partial charge on any atom is -0.495 e. The molecule has 4 rings (SSSR count). The Morgan fingerprint density at radius 1 is 1.13 bits per heavy atom. The Morgan fingerprint density at radius 3 is 2.22 bits per heavy atom. The van der Waals surface area contributed by atoms with Crippen LogP contribution in [0.3, 0.4) is 0 Å². The van der Waals surface area contributed by atoms with Crippen molar-refractivity contribution in [3.05, 3.63) is 23.2 Å². The van der Waals surface area contributed by atoms with E-state index < -0.39 is 0 Å². The predicted octanol–water partition coefficient (Wildman–Crippen LogP) is 3.63. The molecule has 7 heteroatoms. The Bertz CT molecular complexity index is 681. The number of alkyl halides is 2. The molecule has 4 nitrogen and oxygen atoms in total. The van der Waals surface area contributed by atoms with Crippen molar-refractivity contribution in [3.63, 3.8) is 0 Å². The average molecular weight is 464 g/mol. The zero-order chi connectivity index (χ0) is 16.5. The lowest BCUT2D eigenvalue weighted by molar-refractivity contribution is -0.123. The molecule has 2 aliphatic carbocycles. The molecule has 0 spiro atoms. The van der Waals surface area contributed by atoms with Gasteiger partial charge in [0.25, 0.3) is 0 Å². The van der Waals surface area contributed by atoms with Crippen molar-refractivity contribution >= 4 is 61.0 Å². The van der Waals surface area contributed by atoms with Gasteiger partial charge in [0.15, 0.2) is 0 Å². The summed E-state index contributed by atoms with van der Waals surface area (Å²) in [6.45, 7) is 0. The van der Waals surface area contributed by atoms with Gasteiger partial charge in [0, 0.05) is 14.7 Å². The summed E-state index contributed by atoms with van der Waals surface area (Å²) in [6.07, 6.45) is 0.916. The van der Waals surface area contributed by atoms with Crippen molar-refractivity contribution in [2.24, 2.45) is 23.7 Å². The molecule has 3 fully saturated rings. The number of benzene rings is 1. The Labute approximate surface area is 155 Å². The molecule has 6 atom stereocenters. The van der Waals surface area contributed by atoms with Gasteiger partial charge in [-0.25, -0.2) is 4.90 Å². The van der Waals surface area contributed by atoms with Crippen LogP contribution in [0.25, 0.3) is 0 Å². The summed E-state index contributed by atoms with van der Waals surface area (Å²) >= 11 is 13.4. The van der Waals surface area contributed by atoms with Crippen LogP contribution in [-0.2, 0) is 9.59 Å². The lowest BCUT2D eigenvalue weighted by Crippen LogP contribution is -2.37. The van der Waals surface area contributed by atoms with Crippen LogP contribution in [-0.4, -0.2) is 28.6 Å². The van der Waals surface area contributed by atoms with Crippen LogP contribution >= 0.6 is 43.5 Å². The van der Waals surface area contributed by atoms with Crippen LogP contribution in [0.1, 0.15) is 6.42 Å². The summed E-state index contributed by atoms with van der Waals surface area (Å²) in [5.41, 5.74) is 0.445. The lowest BCUT2D eigenvalue weighted by atomic mass is 9.81. The van der Waals surface area contributed by atoms with Crippen LogP contribution < -0.4 is 9.64 Å². The molecule has 0 N–H and O–H groups in total. The van der Waals surface area contributed by atoms with E-state index in [1.54, 1.807) is 18.2 Å². The maximum Gasteiger partial charge on any atom is 0.238 e. The maximum atomic E-state index is 13.0. The van der Waals surface area contributed by atoms with Gasteiger partial charge in [0.1, 0.15) is 5.75 Å². The molecule has 0 unspecified atom stereocenters. The van der Waals surface area contributed by atoms with Crippen LogP contribution in [0.2, 0.25) is 5.02 Å². The first-order chi connectivity index (χ1) is 11.0. The van der Waals surface area contributed by atoms with Crippen molar-refractivity contribution in [2.75, 3.05) is 12.0 Å². The lowest BCUT2D eigenvalue weighted by Gasteiger charge is -2.28. The van der Waals surface area contributed by atoms with Crippen molar-refractivity contribution in [1.82, 2.24) is 0 Å². The van der Waals surface area contributed by atoms with E-state index in [-0.39, 0.29) is 45.1 Å². The molecule has 1 saturated heterocycles. The molecular formula is C16H14Br2ClNO3. The second kappa shape index (κ2) is 5.46. The van der Waals surface area contributed by atoms with Crippen LogP contribution in [0.4, 0.5) is 5.69 Å². The molecule has 2 saturated carbocycles. The zero-order valence-corrected chi connectivity index (χ0v) is 16.1. The highest BCUT2D eigenvalue weighted by Crippen LogP contribution is 2.60. The number of amides is 2. The smallest absolute Gasteiger partial charge is 0.238 e. The van der Waals surface area contributed by atoms with E-state index in [0.717, 1.165) is 6.42 Å². The SMILES string of the molecule is COc1ccc(Cl)cc1N1C(=O)[C@@H]2[C@H]3C[C@@H]([C@@H](Br)[C@H]3Br)[C@H]2C1=O. The predicted molar refractivity (Wildman–Crippen MR) is 94.5 cm³/mol. The summed E-state index contributed by atoms with van der Waals surface area (Å²) in [4.78, 5) is 27.7. The Balaban J connectivity index is 1.78. The van der Waals surface area contributed by atoms with Gasteiger partial charge in [0.2, 0.25) is 11.8 Å². The molecule has 122 valence electrons. The highest BCUT2D eigenvalue weighted by molar-refractivity contribution is 9.12. The fourth-order valence-corrected chi connectivity index (χ4v) is 6.46. The molecule has 2 amide bonds. The number of carbonyl (C=O) groups is 2. The van der Waals surface area contributed by atoms with E-state index in [1.807, 2.05) is 0 Å². The Kier molecular flexibility index (Phi) is 3.78. The second-order valence-corrected chi connectivity index (χ2v) is 8.88. The number of hydrogen-bond donors (Lipinski definition) is 0. The van der Waals surface area contributed by atoms with Crippen molar-refractivity contribution < 1.29 is 14.3 Å². The quantitative estimate of drug-likeness (QED) is 0.497. The van der Waals surface area contributed by atoms with Gasteiger partial charge in [-0.15, -0.1) is 0 Å². The maximum absolute atomic E-state index is 13.0. The fraction of sp³-hybridized carbons (Fsp3) is 0.500. The normalized spacial score (nSPS) is 38.3. The summed E-state index contributed by atoms with van der Waals surface area (Å²) in [5.74, 6) is 0.133. The second-order valence-electron chi connectivity index (χ2n) is 6.33. The molecule has 1 aliphatic heterocycles.